The number of nitro groups is 1. The molecule has 1 fully saturated rings. The van der Waals surface area contributed by atoms with Crippen molar-refractivity contribution in [2.24, 2.45) is 5.73 Å². The van der Waals surface area contributed by atoms with Crippen LogP contribution < -0.4 is 5.73 Å². The molecule has 1 aromatic heterocycles. The second kappa shape index (κ2) is 5.66. The number of likely N-dealkylation sites (tertiary alicyclic amines) is 1. The zero-order chi connectivity index (χ0) is 14.0. The number of rotatable bonds is 3. The molecule has 1 aliphatic rings. The molecule has 1 amide bonds. The van der Waals surface area contributed by atoms with Crippen molar-refractivity contribution in [3.05, 3.63) is 27.1 Å². The first-order valence-corrected chi connectivity index (χ1v) is 7.18. The Morgan fingerprint density at radius 2 is 2.37 bits per heavy atom. The number of nitrogens with two attached hydrogens (primary N) is 1. The van der Waals surface area contributed by atoms with Gasteiger partial charge < -0.3 is 10.6 Å². The number of amides is 1. The molecule has 1 aromatic rings. The summed E-state index contributed by atoms with van der Waals surface area (Å²) in [5, 5.41) is 12.2. The first-order chi connectivity index (χ1) is 9.04. The van der Waals surface area contributed by atoms with Crippen LogP contribution in [0, 0.1) is 10.1 Å². The minimum Gasteiger partial charge on any atom is -0.332 e. The van der Waals surface area contributed by atoms with E-state index in [4.69, 9.17) is 5.73 Å². The van der Waals surface area contributed by atoms with Gasteiger partial charge in [-0.15, -0.1) is 0 Å². The zero-order valence-corrected chi connectivity index (χ0v) is 11.6. The number of hydrogen-bond acceptors (Lipinski definition) is 5. The van der Waals surface area contributed by atoms with Crippen molar-refractivity contribution < 1.29 is 9.72 Å². The van der Waals surface area contributed by atoms with Gasteiger partial charge in [-0.1, -0.05) is 11.3 Å². The number of hydrogen-bond donors (Lipinski definition) is 1. The molecule has 104 valence electrons. The molecule has 2 N–H and O–H groups in total. The minimum atomic E-state index is -0.471. The first kappa shape index (κ1) is 14.0. The number of carbonyl (C=O) groups excluding carboxylic acids is 1. The third-order valence-electron chi connectivity index (χ3n) is 3.55. The van der Waals surface area contributed by atoms with E-state index in [0.717, 1.165) is 30.6 Å². The summed E-state index contributed by atoms with van der Waals surface area (Å²) in [5.74, 6) is -0.146. The Balaban J connectivity index is 2.22. The second-order valence-corrected chi connectivity index (χ2v) is 5.70. The number of piperidine rings is 1. The predicted molar refractivity (Wildman–Crippen MR) is 73.3 cm³/mol. The molecule has 7 heteroatoms. The highest BCUT2D eigenvalue weighted by Crippen LogP contribution is 2.28. The molecule has 1 aliphatic heterocycles. The van der Waals surface area contributed by atoms with E-state index in [1.54, 1.807) is 10.3 Å². The maximum absolute atomic E-state index is 12.5. The lowest BCUT2D eigenvalue weighted by atomic mass is 9.95. The van der Waals surface area contributed by atoms with E-state index in [-0.39, 0.29) is 23.0 Å². The Hall–Kier alpha value is -1.47. The second-order valence-electron chi connectivity index (χ2n) is 4.81. The fraction of sp³-hybridized carbons (Fsp3) is 0.583. The normalized spacial score (nSPS) is 23.4. The molecule has 0 bridgehead atoms. The lowest BCUT2D eigenvalue weighted by molar-refractivity contribution is -0.380. The van der Waals surface area contributed by atoms with E-state index < -0.39 is 4.92 Å². The summed E-state index contributed by atoms with van der Waals surface area (Å²) in [6.45, 7) is 2.43. The fourth-order valence-corrected chi connectivity index (χ4v) is 3.26. The molecule has 0 saturated carbocycles. The van der Waals surface area contributed by atoms with Crippen molar-refractivity contribution >= 4 is 22.2 Å². The van der Waals surface area contributed by atoms with E-state index in [1.165, 1.54) is 6.07 Å². The Morgan fingerprint density at radius 3 is 2.95 bits per heavy atom. The van der Waals surface area contributed by atoms with Crippen molar-refractivity contribution in [2.75, 3.05) is 6.54 Å². The van der Waals surface area contributed by atoms with Crippen LogP contribution in [-0.2, 0) is 0 Å². The van der Waals surface area contributed by atoms with Crippen LogP contribution in [0.3, 0.4) is 0 Å². The van der Waals surface area contributed by atoms with Gasteiger partial charge in [-0.3, -0.25) is 14.9 Å². The van der Waals surface area contributed by atoms with Gasteiger partial charge in [0.1, 0.15) is 0 Å². The smallest absolute Gasteiger partial charge is 0.324 e. The van der Waals surface area contributed by atoms with E-state index >= 15 is 0 Å². The summed E-state index contributed by atoms with van der Waals surface area (Å²) < 4.78 is 0. The average molecular weight is 283 g/mol. The summed E-state index contributed by atoms with van der Waals surface area (Å²) in [4.78, 5) is 24.5. The van der Waals surface area contributed by atoms with Crippen LogP contribution in [-0.4, -0.2) is 34.4 Å². The largest absolute Gasteiger partial charge is 0.332 e. The third-order valence-corrected chi connectivity index (χ3v) is 4.43. The van der Waals surface area contributed by atoms with Gasteiger partial charge in [-0.2, -0.15) is 0 Å². The molecule has 0 spiro atoms. The van der Waals surface area contributed by atoms with E-state index in [9.17, 15) is 14.9 Å². The standard InChI is InChI=1S/C12H17N3O3S/c1-8-3-2-4-10(6-13)14(8)12(16)9-5-11(15(17)18)19-7-9/h5,7-8,10H,2-4,6,13H2,1H3. The van der Waals surface area contributed by atoms with Gasteiger partial charge in [0.25, 0.3) is 5.91 Å². The van der Waals surface area contributed by atoms with Gasteiger partial charge in [0.15, 0.2) is 0 Å². The first-order valence-electron chi connectivity index (χ1n) is 6.30. The molecular formula is C12H17N3O3S. The van der Waals surface area contributed by atoms with Gasteiger partial charge in [0.2, 0.25) is 0 Å². The molecule has 2 atom stereocenters. The van der Waals surface area contributed by atoms with Crippen molar-refractivity contribution in [3.63, 3.8) is 0 Å². The van der Waals surface area contributed by atoms with Crippen molar-refractivity contribution in [1.82, 2.24) is 4.90 Å². The predicted octanol–water partition coefficient (Wildman–Crippen LogP) is 2.00. The Kier molecular flexibility index (Phi) is 4.16. The quantitative estimate of drug-likeness (QED) is 0.678. The molecule has 2 heterocycles. The third kappa shape index (κ3) is 2.76. The number of carbonyl (C=O) groups is 1. The molecular weight excluding hydrogens is 266 g/mol. The monoisotopic (exact) mass is 283 g/mol. The summed E-state index contributed by atoms with van der Waals surface area (Å²) >= 11 is 0.982. The van der Waals surface area contributed by atoms with Crippen LogP contribution in [0.5, 0.6) is 0 Å². The van der Waals surface area contributed by atoms with Gasteiger partial charge in [-0.25, -0.2) is 0 Å². The Labute approximate surface area is 115 Å². The van der Waals surface area contributed by atoms with Gasteiger partial charge in [0.05, 0.1) is 10.5 Å². The lowest BCUT2D eigenvalue weighted by Gasteiger charge is -2.40. The summed E-state index contributed by atoms with van der Waals surface area (Å²) in [6, 6.07) is 1.52. The molecule has 0 aromatic carbocycles. The molecule has 6 nitrogen and oxygen atoms in total. The molecule has 1 saturated heterocycles. The van der Waals surface area contributed by atoms with E-state index in [2.05, 4.69) is 0 Å². The van der Waals surface area contributed by atoms with E-state index in [1.807, 2.05) is 6.92 Å². The van der Waals surface area contributed by atoms with Crippen LogP contribution >= 0.6 is 11.3 Å². The zero-order valence-electron chi connectivity index (χ0n) is 10.7. The molecule has 19 heavy (non-hydrogen) atoms. The molecule has 2 unspecified atom stereocenters. The summed E-state index contributed by atoms with van der Waals surface area (Å²) in [6.07, 6.45) is 2.92. The van der Waals surface area contributed by atoms with Crippen LogP contribution in [0.4, 0.5) is 5.00 Å². The summed E-state index contributed by atoms with van der Waals surface area (Å²) in [5.41, 5.74) is 6.12. The van der Waals surface area contributed by atoms with Gasteiger partial charge >= 0.3 is 5.00 Å². The van der Waals surface area contributed by atoms with Crippen LogP contribution in [0.25, 0.3) is 0 Å². The number of nitrogens with zero attached hydrogens (tertiary/aromatic N) is 2. The van der Waals surface area contributed by atoms with Crippen LogP contribution in [0.2, 0.25) is 0 Å². The molecule has 0 aliphatic carbocycles. The average Bonchev–Trinajstić information content (AvgIpc) is 2.87. The topological polar surface area (TPSA) is 89.5 Å². The highest BCUT2D eigenvalue weighted by atomic mass is 32.1. The fourth-order valence-electron chi connectivity index (χ4n) is 2.57. The highest BCUT2D eigenvalue weighted by molar-refractivity contribution is 7.13. The van der Waals surface area contributed by atoms with Crippen LogP contribution in [0.1, 0.15) is 36.5 Å². The Bertz CT molecular complexity index is 488. The van der Waals surface area contributed by atoms with Gasteiger partial charge in [-0.05, 0) is 26.2 Å². The minimum absolute atomic E-state index is 0.00249. The van der Waals surface area contributed by atoms with E-state index in [0.29, 0.717) is 12.1 Å². The SMILES string of the molecule is CC1CCCC(CN)N1C(=O)c1csc([N+](=O)[O-])c1. The maximum Gasteiger partial charge on any atom is 0.324 e. The van der Waals surface area contributed by atoms with Crippen molar-refractivity contribution in [3.8, 4) is 0 Å². The number of thiophene rings is 1. The molecule has 0 radical (unpaired) electrons. The van der Waals surface area contributed by atoms with Crippen LogP contribution in [0.15, 0.2) is 11.4 Å². The maximum atomic E-state index is 12.5. The summed E-state index contributed by atoms with van der Waals surface area (Å²) in [7, 11) is 0. The highest BCUT2D eigenvalue weighted by Gasteiger charge is 2.32. The Morgan fingerprint density at radius 1 is 1.63 bits per heavy atom. The molecule has 2 rings (SSSR count). The van der Waals surface area contributed by atoms with Crippen molar-refractivity contribution in [2.45, 2.75) is 38.3 Å². The van der Waals surface area contributed by atoms with Gasteiger partial charge in [0, 0.05) is 30.1 Å². The lowest BCUT2D eigenvalue weighted by Crippen LogP contribution is -2.51. The van der Waals surface area contributed by atoms with Crippen molar-refractivity contribution in [1.29, 1.82) is 0 Å².